The summed E-state index contributed by atoms with van der Waals surface area (Å²) < 4.78 is 7.77. The molecule has 0 spiro atoms. The Labute approximate surface area is 129 Å². The Bertz CT molecular complexity index is 745. The van der Waals surface area contributed by atoms with Crippen LogP contribution >= 0.6 is 0 Å². The largest absolute Gasteiger partial charge is 0.490 e. The molecule has 3 rings (SSSR count). The lowest BCUT2D eigenvalue weighted by Crippen LogP contribution is -2.24. The van der Waals surface area contributed by atoms with Crippen LogP contribution in [-0.4, -0.2) is 32.4 Å². The number of rotatable bonds is 6. The Morgan fingerprint density at radius 1 is 1.32 bits per heavy atom. The highest BCUT2D eigenvalue weighted by molar-refractivity contribution is 5.85. The molecule has 0 saturated heterocycles. The fourth-order valence-corrected chi connectivity index (χ4v) is 2.62. The first-order valence-corrected chi connectivity index (χ1v) is 7.53. The second-order valence-electron chi connectivity index (χ2n) is 5.75. The van der Waals surface area contributed by atoms with E-state index in [1.807, 2.05) is 41.2 Å². The molecule has 0 aliphatic carbocycles. The molecule has 0 aliphatic heterocycles. The van der Waals surface area contributed by atoms with Gasteiger partial charge in [-0.05, 0) is 18.2 Å². The third kappa shape index (κ3) is 2.99. The molecule has 5 nitrogen and oxygen atoms in total. The highest BCUT2D eigenvalue weighted by Crippen LogP contribution is 2.24. The van der Waals surface area contributed by atoms with Crippen molar-refractivity contribution >= 4 is 10.9 Å². The molecular formula is C17H21N3O2. The lowest BCUT2D eigenvalue weighted by molar-refractivity contribution is 0.0923. The van der Waals surface area contributed by atoms with E-state index in [4.69, 9.17) is 4.74 Å². The minimum atomic E-state index is -0.583. The van der Waals surface area contributed by atoms with Crippen LogP contribution in [0.2, 0.25) is 0 Å². The summed E-state index contributed by atoms with van der Waals surface area (Å²) in [5.41, 5.74) is 1.03. The first kappa shape index (κ1) is 14.7. The van der Waals surface area contributed by atoms with Crippen molar-refractivity contribution in [1.29, 1.82) is 0 Å². The van der Waals surface area contributed by atoms with Crippen molar-refractivity contribution in [2.24, 2.45) is 0 Å². The molecule has 0 radical (unpaired) electrons. The molecule has 2 heterocycles. The van der Waals surface area contributed by atoms with E-state index in [0.717, 1.165) is 22.5 Å². The third-order valence-corrected chi connectivity index (χ3v) is 3.66. The Morgan fingerprint density at radius 3 is 3.00 bits per heavy atom. The van der Waals surface area contributed by atoms with Gasteiger partial charge in [0.25, 0.3) is 0 Å². The van der Waals surface area contributed by atoms with Crippen LogP contribution in [0.4, 0.5) is 0 Å². The lowest BCUT2D eigenvalue weighted by atomic mass is 10.2. The number of hydrogen-bond donors (Lipinski definition) is 2. The van der Waals surface area contributed by atoms with Crippen molar-refractivity contribution in [1.82, 2.24) is 14.5 Å². The fraction of sp³-hybridized carbons (Fsp3) is 0.353. The molecule has 0 amide bonds. The smallest absolute Gasteiger partial charge is 0.128 e. The molecule has 1 unspecified atom stereocenters. The van der Waals surface area contributed by atoms with Gasteiger partial charge in [0, 0.05) is 35.4 Å². The molecule has 116 valence electrons. The highest BCUT2D eigenvalue weighted by atomic mass is 16.5. The monoisotopic (exact) mass is 299 g/mol. The molecule has 5 heteroatoms. The summed E-state index contributed by atoms with van der Waals surface area (Å²) >= 11 is 0. The molecule has 0 fully saturated rings. The number of fused-ring (bicyclic) bond motifs is 1. The highest BCUT2D eigenvalue weighted by Gasteiger charge is 2.12. The van der Waals surface area contributed by atoms with Gasteiger partial charge in [0.05, 0.1) is 6.54 Å². The Kier molecular flexibility index (Phi) is 4.15. The number of H-pyrrole nitrogens is 1. The Morgan fingerprint density at radius 2 is 2.18 bits per heavy atom. The first-order chi connectivity index (χ1) is 10.6. The number of imidazole rings is 1. The molecule has 1 atom stereocenters. The van der Waals surface area contributed by atoms with E-state index >= 15 is 0 Å². The molecule has 3 aromatic rings. The predicted molar refractivity (Wildman–Crippen MR) is 86.1 cm³/mol. The third-order valence-electron chi connectivity index (χ3n) is 3.66. The van der Waals surface area contributed by atoms with Gasteiger partial charge in [0.15, 0.2) is 0 Å². The maximum atomic E-state index is 10.2. The van der Waals surface area contributed by atoms with Gasteiger partial charge in [-0.25, -0.2) is 4.98 Å². The van der Waals surface area contributed by atoms with Crippen LogP contribution in [0.3, 0.4) is 0 Å². The number of benzene rings is 1. The zero-order chi connectivity index (χ0) is 15.5. The Balaban J connectivity index is 1.64. The standard InChI is InChI=1S/C17H21N3O2/c1-12(2)17-19-8-9-20(17)10-13(21)11-22-16-5-3-4-15-14(16)6-7-18-15/h3-9,12-13,18,21H,10-11H2,1-2H3. The number of nitrogens with zero attached hydrogens (tertiary/aromatic N) is 2. The minimum Gasteiger partial charge on any atom is -0.490 e. The number of aliphatic hydroxyl groups excluding tert-OH is 1. The molecule has 0 aliphatic rings. The number of aliphatic hydroxyl groups is 1. The molecule has 2 aromatic heterocycles. The van der Waals surface area contributed by atoms with Crippen LogP contribution in [0.15, 0.2) is 42.9 Å². The van der Waals surface area contributed by atoms with Gasteiger partial charge in [-0.2, -0.15) is 0 Å². The van der Waals surface area contributed by atoms with Crippen LogP contribution in [0.5, 0.6) is 5.75 Å². The van der Waals surface area contributed by atoms with E-state index in [2.05, 4.69) is 23.8 Å². The van der Waals surface area contributed by atoms with Crippen molar-refractivity contribution in [3.05, 3.63) is 48.7 Å². The number of aromatic nitrogens is 3. The second-order valence-corrected chi connectivity index (χ2v) is 5.75. The predicted octanol–water partition coefficient (Wildman–Crippen LogP) is 2.93. The average molecular weight is 299 g/mol. The number of aromatic amines is 1. The molecule has 1 aromatic carbocycles. The summed E-state index contributed by atoms with van der Waals surface area (Å²) in [5.74, 6) is 2.09. The van der Waals surface area contributed by atoms with Gasteiger partial charge in [0.1, 0.15) is 24.3 Å². The van der Waals surface area contributed by atoms with E-state index in [1.54, 1.807) is 6.20 Å². The maximum absolute atomic E-state index is 10.2. The number of nitrogens with one attached hydrogen (secondary N) is 1. The second kappa shape index (κ2) is 6.23. The van der Waals surface area contributed by atoms with Crippen LogP contribution in [-0.2, 0) is 6.54 Å². The van der Waals surface area contributed by atoms with Crippen molar-refractivity contribution in [2.45, 2.75) is 32.4 Å². The van der Waals surface area contributed by atoms with E-state index < -0.39 is 6.10 Å². The lowest BCUT2D eigenvalue weighted by Gasteiger charge is -2.16. The summed E-state index contributed by atoms with van der Waals surface area (Å²) in [7, 11) is 0. The van der Waals surface area contributed by atoms with Gasteiger partial charge in [-0.15, -0.1) is 0 Å². The van der Waals surface area contributed by atoms with Crippen LogP contribution < -0.4 is 4.74 Å². The van der Waals surface area contributed by atoms with Crippen LogP contribution in [0.1, 0.15) is 25.6 Å². The molecule has 2 N–H and O–H groups in total. The molecule has 0 saturated carbocycles. The summed E-state index contributed by atoms with van der Waals surface area (Å²) in [4.78, 5) is 7.48. The Hall–Kier alpha value is -2.27. The number of ether oxygens (including phenoxy) is 1. The van der Waals surface area contributed by atoms with E-state index in [-0.39, 0.29) is 6.61 Å². The molecule has 22 heavy (non-hydrogen) atoms. The summed E-state index contributed by atoms with van der Waals surface area (Å²) in [6, 6.07) is 7.83. The van der Waals surface area contributed by atoms with Crippen LogP contribution in [0, 0.1) is 0 Å². The van der Waals surface area contributed by atoms with Crippen molar-refractivity contribution in [2.75, 3.05) is 6.61 Å². The van der Waals surface area contributed by atoms with E-state index in [1.165, 1.54) is 0 Å². The summed E-state index contributed by atoms with van der Waals surface area (Å²) in [6.07, 6.45) is 4.96. The van der Waals surface area contributed by atoms with E-state index in [0.29, 0.717) is 12.5 Å². The van der Waals surface area contributed by atoms with Gasteiger partial charge in [0.2, 0.25) is 0 Å². The van der Waals surface area contributed by atoms with Gasteiger partial charge in [-0.1, -0.05) is 19.9 Å². The van der Waals surface area contributed by atoms with Crippen molar-refractivity contribution in [3.63, 3.8) is 0 Å². The average Bonchev–Trinajstić information content (AvgIpc) is 3.13. The summed E-state index contributed by atoms with van der Waals surface area (Å²) in [5, 5.41) is 11.3. The molecule has 0 bridgehead atoms. The first-order valence-electron chi connectivity index (χ1n) is 7.53. The van der Waals surface area contributed by atoms with Crippen molar-refractivity contribution < 1.29 is 9.84 Å². The normalized spacial score (nSPS) is 12.9. The number of hydrogen-bond acceptors (Lipinski definition) is 3. The topological polar surface area (TPSA) is 63.1 Å². The van der Waals surface area contributed by atoms with Gasteiger partial charge >= 0.3 is 0 Å². The van der Waals surface area contributed by atoms with Gasteiger partial charge < -0.3 is 19.4 Å². The SMILES string of the molecule is CC(C)c1nccn1CC(O)COc1cccc2[nH]ccc12. The van der Waals surface area contributed by atoms with Crippen LogP contribution in [0.25, 0.3) is 10.9 Å². The minimum absolute atomic E-state index is 0.250. The fourth-order valence-electron chi connectivity index (χ4n) is 2.62. The zero-order valence-corrected chi connectivity index (χ0v) is 12.9. The maximum Gasteiger partial charge on any atom is 0.128 e. The quantitative estimate of drug-likeness (QED) is 0.735. The van der Waals surface area contributed by atoms with Gasteiger partial charge in [-0.3, -0.25) is 0 Å². The van der Waals surface area contributed by atoms with Crippen molar-refractivity contribution in [3.8, 4) is 5.75 Å². The summed E-state index contributed by atoms with van der Waals surface area (Å²) in [6.45, 7) is 4.92. The zero-order valence-electron chi connectivity index (χ0n) is 12.9. The van der Waals surface area contributed by atoms with E-state index in [9.17, 15) is 5.11 Å². The molecular weight excluding hydrogens is 278 g/mol.